The summed E-state index contributed by atoms with van der Waals surface area (Å²) in [6.07, 6.45) is 0.805. The van der Waals surface area contributed by atoms with Crippen LogP contribution in [-0.4, -0.2) is 53.9 Å². The number of hydrogen-bond acceptors (Lipinski definition) is 4. The number of benzene rings is 1. The molecule has 1 unspecified atom stereocenters. The van der Waals surface area contributed by atoms with E-state index >= 15 is 0 Å². The van der Waals surface area contributed by atoms with E-state index in [2.05, 4.69) is 18.7 Å². The normalized spacial score (nSPS) is 29.9. The highest BCUT2D eigenvalue weighted by Crippen LogP contribution is 2.40. The van der Waals surface area contributed by atoms with Crippen molar-refractivity contribution in [1.29, 1.82) is 0 Å². The molecule has 3 rings (SSSR count). The van der Waals surface area contributed by atoms with Crippen LogP contribution in [0.1, 0.15) is 20.3 Å². The molecule has 1 aromatic rings. The van der Waals surface area contributed by atoms with Gasteiger partial charge in [-0.05, 0) is 38.3 Å². The fourth-order valence-electron chi connectivity index (χ4n) is 3.43. The Balaban J connectivity index is 1.53. The van der Waals surface area contributed by atoms with Crippen LogP contribution in [0.25, 0.3) is 0 Å². The first-order chi connectivity index (χ1) is 10.9. The molecule has 1 N–H and O–H groups in total. The lowest BCUT2D eigenvalue weighted by Crippen LogP contribution is -2.54. The SMILES string of the molecule is CC1(C)CN(C[C@@H]2C[C@H]2C(=O)O)CC(COc2ccccc2)O1. The zero-order chi connectivity index (χ0) is 16.4. The highest BCUT2D eigenvalue weighted by molar-refractivity contribution is 5.73. The molecular weight excluding hydrogens is 294 g/mol. The van der Waals surface area contributed by atoms with Gasteiger partial charge in [0.25, 0.3) is 0 Å². The summed E-state index contributed by atoms with van der Waals surface area (Å²) in [5, 5.41) is 9.05. The second-order valence-electron chi connectivity index (χ2n) is 7.26. The summed E-state index contributed by atoms with van der Waals surface area (Å²) < 4.78 is 11.9. The lowest BCUT2D eigenvalue weighted by atomic mass is 10.0. The maximum absolute atomic E-state index is 11.0. The van der Waals surface area contributed by atoms with E-state index in [1.165, 1.54) is 0 Å². The largest absolute Gasteiger partial charge is 0.491 e. The minimum Gasteiger partial charge on any atom is -0.491 e. The molecule has 126 valence electrons. The fourth-order valence-corrected chi connectivity index (χ4v) is 3.43. The van der Waals surface area contributed by atoms with Crippen LogP contribution in [0.15, 0.2) is 30.3 Å². The lowest BCUT2D eigenvalue weighted by Gasteiger charge is -2.42. The lowest BCUT2D eigenvalue weighted by molar-refractivity contribution is -0.147. The van der Waals surface area contributed by atoms with Crippen LogP contribution in [0.2, 0.25) is 0 Å². The van der Waals surface area contributed by atoms with Gasteiger partial charge >= 0.3 is 5.97 Å². The van der Waals surface area contributed by atoms with E-state index in [1.54, 1.807) is 0 Å². The Morgan fingerprint density at radius 3 is 2.78 bits per heavy atom. The number of aliphatic carboxylic acids is 1. The summed E-state index contributed by atoms with van der Waals surface area (Å²) in [7, 11) is 0. The van der Waals surface area contributed by atoms with Gasteiger partial charge in [0.1, 0.15) is 18.5 Å². The quantitative estimate of drug-likeness (QED) is 0.871. The minimum absolute atomic E-state index is 0.000911. The number of carboxylic acids is 1. The Kier molecular flexibility index (Phi) is 4.60. The molecule has 1 saturated heterocycles. The number of rotatable bonds is 6. The Labute approximate surface area is 137 Å². The van der Waals surface area contributed by atoms with Gasteiger partial charge in [-0.3, -0.25) is 9.69 Å². The van der Waals surface area contributed by atoms with Crippen molar-refractivity contribution in [3.05, 3.63) is 30.3 Å². The van der Waals surface area contributed by atoms with Gasteiger partial charge in [0.05, 0.1) is 11.5 Å². The van der Waals surface area contributed by atoms with Crippen molar-refractivity contribution in [1.82, 2.24) is 4.90 Å². The van der Waals surface area contributed by atoms with Crippen molar-refractivity contribution in [2.75, 3.05) is 26.2 Å². The number of carboxylic acid groups (broad SMARTS) is 1. The van der Waals surface area contributed by atoms with E-state index in [1.807, 2.05) is 30.3 Å². The molecule has 3 atom stereocenters. The molecule has 1 heterocycles. The monoisotopic (exact) mass is 319 g/mol. The molecule has 5 nitrogen and oxygen atoms in total. The van der Waals surface area contributed by atoms with Crippen LogP contribution in [0.5, 0.6) is 5.75 Å². The summed E-state index contributed by atoms with van der Waals surface area (Å²) in [5.74, 6) is 0.322. The Morgan fingerprint density at radius 2 is 2.13 bits per heavy atom. The number of nitrogens with zero attached hydrogens (tertiary/aromatic N) is 1. The number of hydrogen-bond donors (Lipinski definition) is 1. The van der Waals surface area contributed by atoms with Crippen molar-refractivity contribution in [2.24, 2.45) is 11.8 Å². The molecule has 2 aliphatic rings. The smallest absolute Gasteiger partial charge is 0.306 e. The molecule has 1 aliphatic heterocycles. The second kappa shape index (κ2) is 6.49. The van der Waals surface area contributed by atoms with Gasteiger partial charge in [-0.25, -0.2) is 0 Å². The third-order valence-corrected chi connectivity index (χ3v) is 4.46. The van der Waals surface area contributed by atoms with E-state index in [4.69, 9.17) is 14.6 Å². The molecule has 0 bridgehead atoms. The first-order valence-electron chi connectivity index (χ1n) is 8.24. The molecule has 23 heavy (non-hydrogen) atoms. The van der Waals surface area contributed by atoms with Gasteiger partial charge in [-0.2, -0.15) is 0 Å². The maximum atomic E-state index is 11.0. The van der Waals surface area contributed by atoms with Crippen molar-refractivity contribution < 1.29 is 19.4 Å². The topological polar surface area (TPSA) is 59.0 Å². The van der Waals surface area contributed by atoms with Crippen LogP contribution in [-0.2, 0) is 9.53 Å². The third kappa shape index (κ3) is 4.45. The molecule has 5 heteroatoms. The molecule has 2 fully saturated rings. The predicted octanol–water partition coefficient (Wildman–Crippen LogP) is 2.27. The maximum Gasteiger partial charge on any atom is 0.306 e. The van der Waals surface area contributed by atoms with Gasteiger partial charge in [0.2, 0.25) is 0 Å². The second-order valence-corrected chi connectivity index (χ2v) is 7.26. The highest BCUT2D eigenvalue weighted by atomic mass is 16.5. The molecule has 1 saturated carbocycles. The predicted molar refractivity (Wildman–Crippen MR) is 86.6 cm³/mol. The van der Waals surface area contributed by atoms with Crippen LogP contribution in [0.4, 0.5) is 0 Å². The van der Waals surface area contributed by atoms with Crippen LogP contribution in [0, 0.1) is 11.8 Å². The van der Waals surface area contributed by atoms with Crippen molar-refractivity contribution in [2.45, 2.75) is 32.0 Å². The van der Waals surface area contributed by atoms with Gasteiger partial charge in [-0.15, -0.1) is 0 Å². The molecule has 0 aromatic heterocycles. The Bertz CT molecular complexity index is 545. The van der Waals surface area contributed by atoms with E-state index in [-0.39, 0.29) is 23.5 Å². The third-order valence-electron chi connectivity index (χ3n) is 4.46. The molecule has 0 amide bonds. The Hall–Kier alpha value is -1.59. The summed E-state index contributed by atoms with van der Waals surface area (Å²) in [5.41, 5.74) is -0.240. The number of para-hydroxylation sites is 1. The van der Waals surface area contributed by atoms with E-state index in [0.717, 1.165) is 31.8 Å². The zero-order valence-corrected chi connectivity index (χ0v) is 13.8. The molecular formula is C18H25NO4. The van der Waals surface area contributed by atoms with Crippen LogP contribution < -0.4 is 4.74 Å². The van der Waals surface area contributed by atoms with E-state index < -0.39 is 5.97 Å². The molecule has 1 aliphatic carbocycles. The standard InChI is InChI=1S/C18H25NO4/c1-18(2)12-19(9-13-8-16(13)17(20)21)10-15(23-18)11-22-14-6-4-3-5-7-14/h3-7,13,15-16H,8-12H2,1-2H3,(H,20,21)/t13-,15?,16+/m0/s1. The Morgan fingerprint density at radius 1 is 1.39 bits per heavy atom. The minimum atomic E-state index is -0.661. The van der Waals surface area contributed by atoms with E-state index in [9.17, 15) is 4.79 Å². The first-order valence-corrected chi connectivity index (χ1v) is 8.24. The van der Waals surface area contributed by atoms with Gasteiger partial charge in [0, 0.05) is 19.6 Å². The van der Waals surface area contributed by atoms with Gasteiger partial charge in [-0.1, -0.05) is 18.2 Å². The number of carbonyl (C=O) groups is 1. The number of ether oxygens (including phenoxy) is 2. The highest BCUT2D eigenvalue weighted by Gasteiger charge is 2.45. The average Bonchev–Trinajstić information content (AvgIpc) is 3.24. The molecule has 0 spiro atoms. The molecule has 0 radical (unpaired) electrons. The van der Waals surface area contributed by atoms with Crippen LogP contribution >= 0.6 is 0 Å². The number of morpholine rings is 1. The summed E-state index contributed by atoms with van der Waals surface area (Å²) in [4.78, 5) is 13.3. The van der Waals surface area contributed by atoms with Crippen molar-refractivity contribution in [3.8, 4) is 5.75 Å². The summed E-state index contributed by atoms with van der Waals surface area (Å²) in [6.45, 7) is 7.13. The zero-order valence-electron chi connectivity index (χ0n) is 13.8. The summed E-state index contributed by atoms with van der Waals surface area (Å²) >= 11 is 0. The molecule has 1 aromatic carbocycles. The average molecular weight is 319 g/mol. The van der Waals surface area contributed by atoms with Gasteiger partial charge < -0.3 is 14.6 Å². The van der Waals surface area contributed by atoms with Crippen LogP contribution in [0.3, 0.4) is 0 Å². The van der Waals surface area contributed by atoms with E-state index in [0.29, 0.717) is 6.61 Å². The fraction of sp³-hybridized carbons (Fsp3) is 0.611. The van der Waals surface area contributed by atoms with Crippen molar-refractivity contribution in [3.63, 3.8) is 0 Å². The summed E-state index contributed by atoms with van der Waals surface area (Å²) in [6, 6.07) is 9.74. The van der Waals surface area contributed by atoms with Gasteiger partial charge in [0.15, 0.2) is 0 Å². The van der Waals surface area contributed by atoms with Crippen molar-refractivity contribution >= 4 is 5.97 Å². The first kappa shape index (κ1) is 16.3.